The Morgan fingerprint density at radius 3 is 2.56 bits per heavy atom. The number of aromatic amines is 1. The van der Waals surface area contributed by atoms with Crippen LogP contribution in [0.2, 0.25) is 0 Å². The number of carbonyl (C=O) groups excluding carboxylic acids is 1. The van der Waals surface area contributed by atoms with Crippen molar-refractivity contribution in [2.75, 3.05) is 7.11 Å². The third kappa shape index (κ3) is 3.13. The van der Waals surface area contributed by atoms with Crippen LogP contribution in [0.1, 0.15) is 31.5 Å². The van der Waals surface area contributed by atoms with Crippen LogP contribution in [0, 0.1) is 6.92 Å². The third-order valence-electron chi connectivity index (χ3n) is 2.61. The van der Waals surface area contributed by atoms with Gasteiger partial charge in [-0.2, -0.15) is 0 Å². The molecule has 3 nitrogen and oxygen atoms in total. The van der Waals surface area contributed by atoms with E-state index in [-0.39, 0.29) is 0 Å². The highest BCUT2D eigenvalue weighted by Gasteiger charge is 2.08. The number of carbonyl (C=O) groups is 1. The van der Waals surface area contributed by atoms with Gasteiger partial charge in [-0.15, -0.1) is 0 Å². The summed E-state index contributed by atoms with van der Waals surface area (Å²) in [5, 5.41) is 1.07. The molecule has 0 aliphatic carbocycles. The maximum absolute atomic E-state index is 10.6. The Hall–Kier alpha value is -1.77. The maximum atomic E-state index is 10.6. The van der Waals surface area contributed by atoms with Gasteiger partial charge < -0.3 is 14.5 Å². The van der Waals surface area contributed by atoms with E-state index in [2.05, 4.69) is 18.8 Å². The first-order valence-electron chi connectivity index (χ1n) is 6.26. The molecule has 0 unspecified atom stereocenters. The molecule has 0 saturated heterocycles. The topological polar surface area (TPSA) is 42.1 Å². The number of ether oxygens (including phenoxy) is 1. The molecular formula is C15H21NO2. The molecule has 2 rings (SSSR count). The van der Waals surface area contributed by atoms with Crippen LogP contribution in [0.5, 0.6) is 5.75 Å². The highest BCUT2D eigenvalue weighted by molar-refractivity contribution is 5.87. The molecule has 1 N–H and O–H groups in total. The van der Waals surface area contributed by atoms with E-state index in [1.54, 1.807) is 7.11 Å². The number of aldehydes is 1. The normalized spacial score (nSPS) is 9.78. The van der Waals surface area contributed by atoms with E-state index in [9.17, 15) is 4.79 Å². The second-order valence-electron chi connectivity index (χ2n) is 4.22. The van der Waals surface area contributed by atoms with Crippen LogP contribution in [0.25, 0.3) is 10.9 Å². The molecule has 0 amide bonds. The van der Waals surface area contributed by atoms with Crippen molar-refractivity contribution in [1.82, 2.24) is 4.98 Å². The maximum Gasteiger partial charge on any atom is 0.124 e. The summed E-state index contributed by atoms with van der Waals surface area (Å²) in [7, 11) is 1.64. The number of benzene rings is 1. The molecule has 3 heteroatoms. The summed E-state index contributed by atoms with van der Waals surface area (Å²) < 4.78 is 5.16. The smallest absolute Gasteiger partial charge is 0.124 e. The summed E-state index contributed by atoms with van der Waals surface area (Å²) in [6, 6.07) is 5.83. The molecule has 1 aromatic heterocycles. The van der Waals surface area contributed by atoms with E-state index < -0.39 is 0 Å². The molecule has 1 aromatic carbocycles. The fraction of sp³-hybridized carbons (Fsp3) is 0.400. The number of methoxy groups -OCH3 is 1. The van der Waals surface area contributed by atoms with E-state index in [0.717, 1.165) is 34.2 Å². The molecule has 0 spiro atoms. The largest absolute Gasteiger partial charge is 0.497 e. The minimum atomic E-state index is 0.443. The van der Waals surface area contributed by atoms with Crippen molar-refractivity contribution < 1.29 is 9.53 Å². The van der Waals surface area contributed by atoms with E-state index in [4.69, 9.17) is 4.74 Å². The Balaban J connectivity index is 0.000000492. The van der Waals surface area contributed by atoms with Crippen molar-refractivity contribution >= 4 is 17.2 Å². The Morgan fingerprint density at radius 1 is 1.33 bits per heavy atom. The summed E-state index contributed by atoms with van der Waals surface area (Å²) in [5.74, 6) is 0.814. The second-order valence-corrected chi connectivity index (χ2v) is 4.22. The van der Waals surface area contributed by atoms with Gasteiger partial charge in [-0.3, -0.25) is 0 Å². The summed E-state index contributed by atoms with van der Waals surface area (Å²) in [4.78, 5) is 13.8. The molecule has 0 bridgehead atoms. The molecule has 2 aromatic rings. The average molecular weight is 247 g/mol. The van der Waals surface area contributed by atoms with Crippen LogP contribution in [0.15, 0.2) is 18.2 Å². The van der Waals surface area contributed by atoms with Crippen LogP contribution in [-0.4, -0.2) is 18.4 Å². The van der Waals surface area contributed by atoms with Crippen molar-refractivity contribution in [2.45, 2.75) is 33.6 Å². The zero-order valence-electron chi connectivity index (χ0n) is 11.5. The van der Waals surface area contributed by atoms with Crippen molar-refractivity contribution in [3.8, 4) is 5.75 Å². The zero-order chi connectivity index (χ0) is 13.5. The first-order valence-corrected chi connectivity index (χ1v) is 6.26. The van der Waals surface area contributed by atoms with Crippen LogP contribution >= 0.6 is 0 Å². The van der Waals surface area contributed by atoms with E-state index in [0.29, 0.717) is 6.42 Å². The zero-order valence-corrected chi connectivity index (χ0v) is 11.5. The summed E-state index contributed by atoms with van der Waals surface area (Å²) in [6.07, 6.45) is 2.62. The number of nitrogens with one attached hydrogen (secondary N) is 1. The summed E-state index contributed by atoms with van der Waals surface area (Å²) in [5.41, 5.74) is 3.15. The second kappa shape index (κ2) is 6.84. The number of rotatable bonds is 3. The summed E-state index contributed by atoms with van der Waals surface area (Å²) in [6.45, 7) is 6.23. The van der Waals surface area contributed by atoms with Gasteiger partial charge >= 0.3 is 0 Å². The molecule has 18 heavy (non-hydrogen) atoms. The van der Waals surface area contributed by atoms with Gasteiger partial charge in [0.2, 0.25) is 0 Å². The standard InChI is InChI=1S/C12H13NO2.C3H8/c1-8-10(5-6-14)11-7-9(15-2)3-4-12(11)13-8;1-3-2/h3-4,6-7,13H,5H2,1-2H3;3H2,1-2H3. The van der Waals surface area contributed by atoms with Crippen LogP contribution in [-0.2, 0) is 11.2 Å². The molecule has 0 radical (unpaired) electrons. The van der Waals surface area contributed by atoms with Gasteiger partial charge in [0.15, 0.2) is 0 Å². The first kappa shape index (κ1) is 14.3. The number of aromatic nitrogens is 1. The van der Waals surface area contributed by atoms with Gasteiger partial charge in [0.1, 0.15) is 12.0 Å². The number of hydrogen-bond acceptors (Lipinski definition) is 2. The lowest BCUT2D eigenvalue weighted by Crippen LogP contribution is -1.87. The Labute approximate surface area is 108 Å². The van der Waals surface area contributed by atoms with Crippen LogP contribution < -0.4 is 4.74 Å². The van der Waals surface area contributed by atoms with E-state index in [1.165, 1.54) is 6.42 Å². The Kier molecular flexibility index (Phi) is 5.43. The highest BCUT2D eigenvalue weighted by atomic mass is 16.5. The average Bonchev–Trinajstić information content (AvgIpc) is 2.67. The third-order valence-corrected chi connectivity index (χ3v) is 2.61. The molecule has 0 fully saturated rings. The van der Waals surface area contributed by atoms with Crippen LogP contribution in [0.4, 0.5) is 0 Å². The molecular weight excluding hydrogens is 226 g/mol. The minimum Gasteiger partial charge on any atom is -0.497 e. The van der Waals surface area contributed by atoms with Gasteiger partial charge in [0, 0.05) is 23.0 Å². The van der Waals surface area contributed by atoms with Crippen LogP contribution in [0.3, 0.4) is 0 Å². The van der Waals surface area contributed by atoms with Gasteiger partial charge in [0.25, 0.3) is 0 Å². The van der Waals surface area contributed by atoms with E-state index in [1.807, 2.05) is 25.1 Å². The molecule has 98 valence electrons. The Morgan fingerprint density at radius 2 is 2.00 bits per heavy atom. The van der Waals surface area contributed by atoms with Crippen molar-refractivity contribution in [3.05, 3.63) is 29.5 Å². The van der Waals surface area contributed by atoms with Crippen molar-refractivity contribution in [2.24, 2.45) is 0 Å². The minimum absolute atomic E-state index is 0.443. The predicted molar refractivity (Wildman–Crippen MR) is 75.3 cm³/mol. The monoisotopic (exact) mass is 247 g/mol. The van der Waals surface area contributed by atoms with Crippen molar-refractivity contribution in [1.29, 1.82) is 0 Å². The SMILES string of the molecule is CCC.COc1ccc2[nH]c(C)c(CC=O)c2c1. The lowest BCUT2D eigenvalue weighted by Gasteiger charge is -2.00. The van der Waals surface area contributed by atoms with Gasteiger partial charge in [-0.05, 0) is 30.7 Å². The fourth-order valence-corrected chi connectivity index (χ4v) is 1.83. The Bertz CT molecular complexity index is 514. The molecule has 0 saturated carbocycles. The molecule has 0 aliphatic heterocycles. The van der Waals surface area contributed by atoms with Gasteiger partial charge in [0.05, 0.1) is 7.11 Å². The number of H-pyrrole nitrogens is 1. The molecule has 0 aliphatic rings. The number of aryl methyl sites for hydroxylation is 1. The predicted octanol–water partition coefficient (Wildman–Crippen LogP) is 3.64. The number of hydrogen-bond donors (Lipinski definition) is 1. The van der Waals surface area contributed by atoms with E-state index >= 15 is 0 Å². The van der Waals surface area contributed by atoms with Gasteiger partial charge in [-0.1, -0.05) is 20.3 Å². The first-order chi connectivity index (χ1) is 8.67. The highest BCUT2D eigenvalue weighted by Crippen LogP contribution is 2.26. The van der Waals surface area contributed by atoms with Gasteiger partial charge in [-0.25, -0.2) is 0 Å². The lowest BCUT2D eigenvalue weighted by molar-refractivity contribution is -0.107. The fourth-order valence-electron chi connectivity index (χ4n) is 1.83. The molecule has 0 atom stereocenters. The quantitative estimate of drug-likeness (QED) is 0.841. The lowest BCUT2D eigenvalue weighted by atomic mass is 10.1. The van der Waals surface area contributed by atoms with Crippen molar-refractivity contribution in [3.63, 3.8) is 0 Å². The number of fused-ring (bicyclic) bond motifs is 1. The summed E-state index contributed by atoms with van der Waals surface area (Å²) >= 11 is 0. The molecule has 1 heterocycles.